The van der Waals surface area contributed by atoms with E-state index >= 15 is 0 Å². The van der Waals surface area contributed by atoms with Crippen molar-refractivity contribution in [2.75, 3.05) is 26.4 Å². The quantitative estimate of drug-likeness (QED) is 0.294. The van der Waals surface area contributed by atoms with E-state index in [1.165, 1.54) is 43.4 Å². The Hall–Kier alpha value is -4.49. The second-order valence-electron chi connectivity index (χ2n) is 10.2. The van der Waals surface area contributed by atoms with Gasteiger partial charge in [-0.25, -0.2) is 13.4 Å². The van der Waals surface area contributed by atoms with Crippen molar-refractivity contribution in [1.82, 2.24) is 19.8 Å². The van der Waals surface area contributed by atoms with Gasteiger partial charge in [0.2, 0.25) is 0 Å². The van der Waals surface area contributed by atoms with Gasteiger partial charge in [0.1, 0.15) is 10.6 Å². The summed E-state index contributed by atoms with van der Waals surface area (Å²) in [5.41, 5.74) is 2.30. The molecule has 4 aromatic rings. The van der Waals surface area contributed by atoms with Gasteiger partial charge in [-0.05, 0) is 79.6 Å². The Morgan fingerprint density at radius 2 is 1.56 bits per heavy atom. The zero-order valence-electron chi connectivity index (χ0n) is 23.5. The zero-order valence-corrected chi connectivity index (χ0v) is 25.1. The SMILES string of the molecule is CNC(=O)c1cccc(S(=O)(=O)Oc2ccc(-c3cncn3C3CCN(C(=O)c4ccc(S(C)(=O)=O)cc4)CC3)cc2)c1. The van der Waals surface area contributed by atoms with E-state index in [1.807, 2.05) is 0 Å². The van der Waals surface area contributed by atoms with Crippen molar-refractivity contribution in [2.45, 2.75) is 28.7 Å². The number of carbonyl (C=O) groups is 2. The highest BCUT2D eigenvalue weighted by Crippen LogP contribution is 2.31. The molecule has 13 heteroatoms. The number of hydrogen-bond donors (Lipinski definition) is 1. The number of nitrogens with one attached hydrogen (secondary N) is 1. The number of benzene rings is 3. The number of carbonyl (C=O) groups excluding carboxylic acids is 2. The minimum atomic E-state index is -4.17. The van der Waals surface area contributed by atoms with Crippen molar-refractivity contribution in [3.05, 3.63) is 96.4 Å². The highest BCUT2D eigenvalue weighted by atomic mass is 32.2. The molecule has 2 amide bonds. The molecule has 0 spiro atoms. The molecule has 11 nitrogen and oxygen atoms in total. The maximum absolute atomic E-state index is 13.0. The normalized spacial score (nSPS) is 14.3. The summed E-state index contributed by atoms with van der Waals surface area (Å²) in [6, 6.07) is 18.3. The van der Waals surface area contributed by atoms with Crippen molar-refractivity contribution in [2.24, 2.45) is 0 Å². The zero-order chi connectivity index (χ0) is 30.8. The molecule has 3 aromatic carbocycles. The van der Waals surface area contributed by atoms with E-state index in [4.69, 9.17) is 4.18 Å². The molecule has 1 aromatic heterocycles. The average molecular weight is 623 g/mol. The van der Waals surface area contributed by atoms with Gasteiger partial charge < -0.3 is 19.0 Å². The van der Waals surface area contributed by atoms with Crippen LogP contribution < -0.4 is 9.50 Å². The van der Waals surface area contributed by atoms with Gasteiger partial charge in [-0.15, -0.1) is 0 Å². The molecule has 2 heterocycles. The maximum atomic E-state index is 13.0. The van der Waals surface area contributed by atoms with Crippen LogP contribution in [-0.4, -0.2) is 69.5 Å². The Morgan fingerprint density at radius 1 is 0.884 bits per heavy atom. The van der Waals surface area contributed by atoms with Gasteiger partial charge >= 0.3 is 10.1 Å². The third kappa shape index (κ3) is 6.62. The van der Waals surface area contributed by atoms with Crippen molar-refractivity contribution in [1.29, 1.82) is 0 Å². The van der Waals surface area contributed by atoms with Gasteiger partial charge in [0, 0.05) is 49.1 Å². The highest BCUT2D eigenvalue weighted by Gasteiger charge is 2.26. The second-order valence-corrected chi connectivity index (χ2v) is 13.7. The number of rotatable bonds is 8. The molecule has 1 aliphatic heterocycles. The van der Waals surface area contributed by atoms with Gasteiger partial charge in [0.05, 0.1) is 23.1 Å². The van der Waals surface area contributed by atoms with E-state index < -0.39 is 25.9 Å². The first-order valence-electron chi connectivity index (χ1n) is 13.4. The largest absolute Gasteiger partial charge is 0.379 e. The summed E-state index contributed by atoms with van der Waals surface area (Å²) in [5, 5.41) is 2.46. The smallest absolute Gasteiger partial charge is 0.339 e. The number of aromatic nitrogens is 2. The highest BCUT2D eigenvalue weighted by molar-refractivity contribution is 7.90. The molecule has 0 atom stereocenters. The fourth-order valence-electron chi connectivity index (χ4n) is 4.99. The Bertz CT molecular complexity index is 1860. The molecule has 0 unspecified atom stereocenters. The number of hydrogen-bond acceptors (Lipinski definition) is 8. The summed E-state index contributed by atoms with van der Waals surface area (Å²) in [6.45, 7) is 1.06. The summed E-state index contributed by atoms with van der Waals surface area (Å²) in [6.07, 6.45) is 6.01. The molecule has 5 rings (SSSR count). The van der Waals surface area contributed by atoms with E-state index in [-0.39, 0.29) is 33.1 Å². The summed E-state index contributed by atoms with van der Waals surface area (Å²) in [5.74, 6) is -0.427. The lowest BCUT2D eigenvalue weighted by molar-refractivity contribution is 0.0694. The lowest BCUT2D eigenvalue weighted by Gasteiger charge is -2.33. The number of piperidine rings is 1. The van der Waals surface area contributed by atoms with Gasteiger partial charge in [-0.3, -0.25) is 9.59 Å². The third-order valence-corrected chi connectivity index (χ3v) is 9.68. The van der Waals surface area contributed by atoms with Gasteiger partial charge in [-0.1, -0.05) is 6.07 Å². The topological polar surface area (TPSA) is 145 Å². The molecule has 1 N–H and O–H groups in total. The Kier molecular flexibility index (Phi) is 8.38. The number of likely N-dealkylation sites (tertiary alicyclic amines) is 1. The lowest BCUT2D eigenvalue weighted by atomic mass is 10.0. The predicted molar refractivity (Wildman–Crippen MR) is 159 cm³/mol. The van der Waals surface area contributed by atoms with Crippen LogP contribution in [0.15, 0.2) is 95.1 Å². The summed E-state index contributed by atoms with van der Waals surface area (Å²) < 4.78 is 56.5. The van der Waals surface area contributed by atoms with Crippen LogP contribution in [0.2, 0.25) is 0 Å². The monoisotopic (exact) mass is 622 g/mol. The fraction of sp³-hybridized carbons (Fsp3) is 0.233. The summed E-state index contributed by atoms with van der Waals surface area (Å²) in [7, 11) is -6.04. The van der Waals surface area contributed by atoms with E-state index in [0.717, 1.165) is 17.5 Å². The summed E-state index contributed by atoms with van der Waals surface area (Å²) in [4.78, 5) is 31.0. The van der Waals surface area contributed by atoms with Crippen LogP contribution in [0.4, 0.5) is 0 Å². The van der Waals surface area contributed by atoms with Crippen LogP contribution in [0.1, 0.15) is 39.6 Å². The van der Waals surface area contributed by atoms with Crippen molar-refractivity contribution >= 4 is 31.8 Å². The van der Waals surface area contributed by atoms with Gasteiger partial charge in [-0.2, -0.15) is 8.42 Å². The van der Waals surface area contributed by atoms with Crippen LogP contribution in [0.5, 0.6) is 5.75 Å². The molecule has 1 fully saturated rings. The molecule has 0 aliphatic carbocycles. The predicted octanol–water partition coefficient (Wildman–Crippen LogP) is 3.56. The van der Waals surface area contributed by atoms with E-state index in [1.54, 1.807) is 53.8 Å². The number of nitrogens with zero attached hydrogens (tertiary/aromatic N) is 3. The molecule has 1 saturated heterocycles. The van der Waals surface area contributed by atoms with Crippen LogP contribution in [0.3, 0.4) is 0 Å². The van der Waals surface area contributed by atoms with Gasteiger partial charge in [0.15, 0.2) is 9.84 Å². The summed E-state index contributed by atoms with van der Waals surface area (Å²) >= 11 is 0. The van der Waals surface area contributed by atoms with Crippen molar-refractivity contribution in [3.8, 4) is 17.0 Å². The van der Waals surface area contributed by atoms with Crippen LogP contribution in [0, 0.1) is 0 Å². The first kappa shape index (κ1) is 30.0. The molecule has 224 valence electrons. The Balaban J connectivity index is 1.24. The minimum absolute atomic E-state index is 0.0954. The minimum Gasteiger partial charge on any atom is -0.379 e. The van der Waals surface area contributed by atoms with Crippen LogP contribution >= 0.6 is 0 Å². The first-order chi connectivity index (χ1) is 20.5. The van der Waals surface area contributed by atoms with E-state index in [2.05, 4.69) is 14.9 Å². The Morgan fingerprint density at radius 3 is 2.19 bits per heavy atom. The van der Waals surface area contributed by atoms with Crippen LogP contribution in [-0.2, 0) is 20.0 Å². The molecule has 0 bridgehead atoms. The molecule has 0 radical (unpaired) electrons. The Labute approximate surface area is 250 Å². The lowest BCUT2D eigenvalue weighted by Crippen LogP contribution is -2.39. The van der Waals surface area contributed by atoms with Crippen molar-refractivity contribution < 1.29 is 30.6 Å². The first-order valence-corrected chi connectivity index (χ1v) is 16.7. The molecular formula is C30H30N4O7S2. The second kappa shape index (κ2) is 12.0. The maximum Gasteiger partial charge on any atom is 0.339 e. The van der Waals surface area contributed by atoms with Crippen LogP contribution in [0.25, 0.3) is 11.3 Å². The molecule has 1 aliphatic rings. The number of imidazole rings is 1. The molecule has 0 saturated carbocycles. The number of sulfone groups is 1. The molecule has 43 heavy (non-hydrogen) atoms. The standard InChI is InChI=1S/C30H30N4O7S2/c1-31-29(35)23-4-3-5-27(18-23)43(39,40)41-25-10-6-21(7-11-25)28-19-32-20-34(28)24-14-16-33(17-15-24)30(36)22-8-12-26(13-9-22)42(2,37)38/h3-13,18-20,24H,14-17H2,1-2H3,(H,31,35). The van der Waals surface area contributed by atoms with Gasteiger partial charge in [0.25, 0.3) is 11.8 Å². The average Bonchev–Trinajstić information content (AvgIpc) is 3.50. The van der Waals surface area contributed by atoms with Crippen molar-refractivity contribution in [3.63, 3.8) is 0 Å². The number of amides is 2. The molecular weight excluding hydrogens is 592 g/mol. The van der Waals surface area contributed by atoms with E-state index in [9.17, 15) is 26.4 Å². The van der Waals surface area contributed by atoms with E-state index in [0.29, 0.717) is 31.5 Å². The fourth-order valence-corrected chi connectivity index (χ4v) is 6.59. The third-order valence-electron chi connectivity index (χ3n) is 7.31.